The van der Waals surface area contributed by atoms with Crippen LogP contribution in [0.15, 0.2) is 24.3 Å². The molecule has 1 aliphatic heterocycles. The SMILES string of the molecule is CCCNC(C)(CCN1Cc2ccccc2C1)C(=O)O. The van der Waals surface area contributed by atoms with Crippen LogP contribution < -0.4 is 5.32 Å². The standard InChI is InChI=1S/C16H24N2O2/c1-3-9-17-16(2,15(19)20)8-10-18-11-13-6-4-5-7-14(13)12-18/h4-7,17H,3,8-12H2,1-2H3,(H,19,20). The Balaban J connectivity index is 1.90. The molecule has 0 spiro atoms. The van der Waals surface area contributed by atoms with Crippen LogP contribution in [0.25, 0.3) is 0 Å². The number of nitrogens with one attached hydrogen (secondary N) is 1. The van der Waals surface area contributed by atoms with Gasteiger partial charge in [0.2, 0.25) is 0 Å². The van der Waals surface area contributed by atoms with Gasteiger partial charge in [0.25, 0.3) is 0 Å². The summed E-state index contributed by atoms with van der Waals surface area (Å²) in [6, 6.07) is 8.43. The molecule has 1 aromatic rings. The fraction of sp³-hybridized carbons (Fsp3) is 0.562. The number of nitrogens with zero attached hydrogens (tertiary/aromatic N) is 1. The molecule has 0 aromatic heterocycles. The topological polar surface area (TPSA) is 52.6 Å². The summed E-state index contributed by atoms with van der Waals surface area (Å²) >= 11 is 0. The largest absolute Gasteiger partial charge is 0.480 e. The van der Waals surface area contributed by atoms with Crippen molar-refractivity contribution in [2.75, 3.05) is 13.1 Å². The number of benzene rings is 1. The second-order valence-electron chi connectivity index (χ2n) is 5.79. The van der Waals surface area contributed by atoms with Crippen molar-refractivity contribution in [2.24, 2.45) is 0 Å². The van der Waals surface area contributed by atoms with Gasteiger partial charge in [-0.05, 0) is 37.4 Å². The average Bonchev–Trinajstić information content (AvgIpc) is 2.85. The van der Waals surface area contributed by atoms with Gasteiger partial charge >= 0.3 is 5.97 Å². The first-order valence-corrected chi connectivity index (χ1v) is 7.33. The molecule has 0 fully saturated rings. The van der Waals surface area contributed by atoms with Crippen LogP contribution in [0.3, 0.4) is 0 Å². The van der Waals surface area contributed by atoms with Crippen molar-refractivity contribution in [1.29, 1.82) is 0 Å². The second kappa shape index (κ2) is 6.37. The van der Waals surface area contributed by atoms with Crippen LogP contribution in [0.5, 0.6) is 0 Å². The zero-order valence-electron chi connectivity index (χ0n) is 12.4. The number of fused-ring (bicyclic) bond motifs is 1. The maximum Gasteiger partial charge on any atom is 0.323 e. The maximum atomic E-state index is 11.5. The summed E-state index contributed by atoms with van der Waals surface area (Å²) < 4.78 is 0. The molecule has 0 aliphatic carbocycles. The summed E-state index contributed by atoms with van der Waals surface area (Å²) in [4.78, 5) is 13.8. The normalized spacial score (nSPS) is 17.7. The minimum absolute atomic E-state index is 0.621. The van der Waals surface area contributed by atoms with Crippen molar-refractivity contribution in [3.05, 3.63) is 35.4 Å². The third-order valence-electron chi connectivity index (χ3n) is 4.07. The molecule has 2 rings (SSSR count). The van der Waals surface area contributed by atoms with Crippen LogP contribution in [0.2, 0.25) is 0 Å². The second-order valence-corrected chi connectivity index (χ2v) is 5.79. The lowest BCUT2D eigenvalue weighted by molar-refractivity contribution is -0.144. The number of carboxylic acid groups (broad SMARTS) is 1. The zero-order valence-corrected chi connectivity index (χ0v) is 12.4. The Morgan fingerprint density at radius 2 is 1.95 bits per heavy atom. The average molecular weight is 276 g/mol. The molecule has 0 radical (unpaired) electrons. The third kappa shape index (κ3) is 3.38. The number of carbonyl (C=O) groups is 1. The summed E-state index contributed by atoms with van der Waals surface area (Å²) in [5, 5.41) is 12.6. The van der Waals surface area contributed by atoms with Crippen molar-refractivity contribution >= 4 is 5.97 Å². The fourth-order valence-corrected chi connectivity index (χ4v) is 2.62. The minimum atomic E-state index is -0.829. The molecule has 110 valence electrons. The Morgan fingerprint density at radius 1 is 1.35 bits per heavy atom. The Morgan fingerprint density at radius 3 is 2.45 bits per heavy atom. The lowest BCUT2D eigenvalue weighted by Crippen LogP contribution is -2.51. The van der Waals surface area contributed by atoms with Crippen molar-refractivity contribution in [3.8, 4) is 0 Å². The Bertz CT molecular complexity index is 450. The highest BCUT2D eigenvalue weighted by Gasteiger charge is 2.33. The number of rotatable bonds is 7. The Labute approximate surface area is 120 Å². The lowest BCUT2D eigenvalue weighted by Gasteiger charge is -2.28. The smallest absolute Gasteiger partial charge is 0.323 e. The number of carboxylic acids is 1. The van der Waals surface area contributed by atoms with Gasteiger partial charge in [-0.1, -0.05) is 31.2 Å². The quantitative estimate of drug-likeness (QED) is 0.802. The molecule has 4 nitrogen and oxygen atoms in total. The van der Waals surface area contributed by atoms with E-state index >= 15 is 0 Å². The van der Waals surface area contributed by atoms with Gasteiger partial charge in [-0.3, -0.25) is 9.69 Å². The molecule has 1 atom stereocenters. The first-order chi connectivity index (χ1) is 9.55. The van der Waals surface area contributed by atoms with Crippen LogP contribution in [0.1, 0.15) is 37.8 Å². The fourth-order valence-electron chi connectivity index (χ4n) is 2.62. The minimum Gasteiger partial charge on any atom is -0.480 e. The highest BCUT2D eigenvalue weighted by molar-refractivity contribution is 5.78. The van der Waals surface area contributed by atoms with Gasteiger partial charge in [0.15, 0.2) is 0 Å². The molecular weight excluding hydrogens is 252 g/mol. The van der Waals surface area contributed by atoms with E-state index in [1.807, 2.05) is 6.92 Å². The first kappa shape index (κ1) is 15.0. The Kier molecular flexibility index (Phi) is 4.78. The predicted molar refractivity (Wildman–Crippen MR) is 79.5 cm³/mol. The van der Waals surface area contributed by atoms with E-state index in [0.29, 0.717) is 6.42 Å². The lowest BCUT2D eigenvalue weighted by atomic mass is 9.97. The monoisotopic (exact) mass is 276 g/mol. The van der Waals surface area contributed by atoms with E-state index < -0.39 is 11.5 Å². The van der Waals surface area contributed by atoms with Crippen molar-refractivity contribution in [2.45, 2.75) is 45.3 Å². The van der Waals surface area contributed by atoms with E-state index in [4.69, 9.17) is 0 Å². The Hall–Kier alpha value is -1.39. The molecule has 0 amide bonds. The highest BCUT2D eigenvalue weighted by atomic mass is 16.4. The molecule has 1 aliphatic rings. The van der Waals surface area contributed by atoms with E-state index in [1.54, 1.807) is 6.92 Å². The molecule has 0 saturated carbocycles. The first-order valence-electron chi connectivity index (χ1n) is 7.33. The predicted octanol–water partition coefficient (Wildman–Crippen LogP) is 2.24. The number of aliphatic carboxylic acids is 1. The van der Waals surface area contributed by atoms with Gasteiger partial charge in [-0.15, -0.1) is 0 Å². The van der Waals surface area contributed by atoms with Crippen LogP contribution in [0, 0.1) is 0 Å². The third-order valence-corrected chi connectivity index (χ3v) is 4.07. The van der Waals surface area contributed by atoms with Gasteiger partial charge < -0.3 is 10.4 Å². The number of hydrogen-bond donors (Lipinski definition) is 2. The van der Waals surface area contributed by atoms with Gasteiger partial charge in [0, 0.05) is 19.6 Å². The number of hydrogen-bond acceptors (Lipinski definition) is 3. The highest BCUT2D eigenvalue weighted by Crippen LogP contribution is 2.23. The molecule has 1 aromatic carbocycles. The van der Waals surface area contributed by atoms with Crippen molar-refractivity contribution < 1.29 is 9.90 Å². The van der Waals surface area contributed by atoms with E-state index in [1.165, 1.54) is 11.1 Å². The van der Waals surface area contributed by atoms with E-state index in [-0.39, 0.29) is 0 Å². The molecular formula is C16H24N2O2. The summed E-state index contributed by atoms with van der Waals surface area (Å²) in [6.07, 6.45) is 1.56. The van der Waals surface area contributed by atoms with E-state index in [0.717, 1.165) is 32.6 Å². The van der Waals surface area contributed by atoms with Gasteiger partial charge in [-0.25, -0.2) is 0 Å². The molecule has 0 bridgehead atoms. The van der Waals surface area contributed by atoms with Gasteiger partial charge in [0.05, 0.1) is 0 Å². The molecule has 1 unspecified atom stereocenters. The van der Waals surface area contributed by atoms with E-state index in [9.17, 15) is 9.90 Å². The molecule has 2 N–H and O–H groups in total. The van der Waals surface area contributed by atoms with Crippen LogP contribution >= 0.6 is 0 Å². The van der Waals surface area contributed by atoms with Crippen LogP contribution in [-0.2, 0) is 17.9 Å². The molecule has 4 heteroatoms. The van der Waals surface area contributed by atoms with Gasteiger partial charge in [0.1, 0.15) is 5.54 Å². The summed E-state index contributed by atoms with van der Waals surface area (Å²) in [7, 11) is 0. The molecule has 0 saturated heterocycles. The van der Waals surface area contributed by atoms with Gasteiger partial charge in [-0.2, -0.15) is 0 Å². The van der Waals surface area contributed by atoms with E-state index in [2.05, 4.69) is 34.5 Å². The summed E-state index contributed by atoms with van der Waals surface area (Å²) in [5.41, 5.74) is 1.90. The van der Waals surface area contributed by atoms with Crippen molar-refractivity contribution in [1.82, 2.24) is 10.2 Å². The zero-order chi connectivity index (χ0) is 14.6. The van der Waals surface area contributed by atoms with Crippen LogP contribution in [0.4, 0.5) is 0 Å². The molecule has 1 heterocycles. The maximum absolute atomic E-state index is 11.5. The molecule has 20 heavy (non-hydrogen) atoms. The van der Waals surface area contributed by atoms with Crippen LogP contribution in [-0.4, -0.2) is 34.6 Å². The summed E-state index contributed by atoms with van der Waals surface area (Å²) in [5.74, 6) is -0.761. The summed E-state index contributed by atoms with van der Waals surface area (Å²) in [6.45, 7) is 7.23. The van der Waals surface area contributed by atoms with Crippen molar-refractivity contribution in [3.63, 3.8) is 0 Å².